The van der Waals surface area contributed by atoms with Crippen LogP contribution in [0.1, 0.15) is 0 Å². The predicted octanol–water partition coefficient (Wildman–Crippen LogP) is 1.89. The minimum atomic E-state index is -0.354. The first-order valence-electron chi connectivity index (χ1n) is 2.23. The van der Waals surface area contributed by atoms with Gasteiger partial charge in [-0.1, -0.05) is 0 Å². The van der Waals surface area contributed by atoms with E-state index in [4.69, 9.17) is 4.79 Å². The summed E-state index contributed by atoms with van der Waals surface area (Å²) < 4.78 is 1.80. The molecule has 0 aliphatic rings. The molecule has 1 aromatic rings. The average molecular weight is 316 g/mol. The molecule has 0 fully saturated rings. The van der Waals surface area contributed by atoms with Gasteiger partial charge in [-0.05, 0) is 0 Å². The van der Waals surface area contributed by atoms with Crippen LogP contribution in [-0.2, 0) is 19.2 Å². The van der Waals surface area contributed by atoms with E-state index >= 15 is 0 Å². The van der Waals surface area contributed by atoms with E-state index in [1.165, 1.54) is 0 Å². The molecular formula is C6H5IMoO-. The third kappa shape index (κ3) is 8.35. The summed E-state index contributed by atoms with van der Waals surface area (Å²) in [5.41, 5.74) is 0. The molecule has 0 aliphatic carbocycles. The zero-order chi connectivity index (χ0) is 6.95. The number of rotatable bonds is 0. The summed E-state index contributed by atoms with van der Waals surface area (Å²) in [6, 6.07) is 10.0. The number of halogens is 1. The normalized spacial score (nSPS) is 6.33. The molecule has 0 bridgehead atoms. The van der Waals surface area contributed by atoms with Crippen LogP contribution in [0.2, 0.25) is 0 Å². The van der Waals surface area contributed by atoms with Gasteiger partial charge in [-0.3, -0.25) is 0 Å². The van der Waals surface area contributed by atoms with E-state index in [1.807, 2.05) is 30.3 Å². The first-order valence-corrected chi connectivity index (χ1v) is 9.20. The van der Waals surface area contributed by atoms with Crippen molar-refractivity contribution in [2.75, 3.05) is 0 Å². The second-order valence-electron chi connectivity index (χ2n) is 1.12. The van der Waals surface area contributed by atoms with Crippen LogP contribution in [0.5, 0.6) is 0 Å². The van der Waals surface area contributed by atoms with Crippen molar-refractivity contribution >= 4 is 23.6 Å². The van der Waals surface area contributed by atoms with Crippen molar-refractivity contribution in [3.63, 3.8) is 0 Å². The molecule has 0 spiro atoms. The van der Waals surface area contributed by atoms with Gasteiger partial charge in [0.1, 0.15) is 0 Å². The summed E-state index contributed by atoms with van der Waals surface area (Å²) in [6.07, 6.45) is 0. The minimum Gasteiger partial charge on any atom is -0.214 e. The van der Waals surface area contributed by atoms with Crippen LogP contribution < -0.4 is 0 Å². The Morgan fingerprint density at radius 1 is 1.44 bits per heavy atom. The summed E-state index contributed by atoms with van der Waals surface area (Å²) in [4.78, 5) is 9.10. The second kappa shape index (κ2) is 8.35. The molecule has 9 heavy (non-hydrogen) atoms. The maximum atomic E-state index is 9.10. The average Bonchev–Trinajstić information content (AvgIpc) is 2.43. The van der Waals surface area contributed by atoms with Gasteiger partial charge in [0.05, 0.1) is 0 Å². The molecule has 0 amide bonds. The maximum absolute atomic E-state index is 9.10. The van der Waals surface area contributed by atoms with Crippen molar-refractivity contribution in [2.24, 2.45) is 0 Å². The zero-order valence-electron chi connectivity index (χ0n) is 4.58. The van der Waals surface area contributed by atoms with Gasteiger partial charge in [0.15, 0.2) is 0 Å². The minimum absolute atomic E-state index is 0.354. The standard InChI is InChI=1S/C5H5.CO.HI.Mo/c1-2-4-5-3-1;1-2;;/h1-5H;;1H;/q-1;;;+1/p-1. The Labute approximate surface area is 72.7 Å². The van der Waals surface area contributed by atoms with Crippen molar-refractivity contribution < 1.29 is 19.2 Å². The van der Waals surface area contributed by atoms with Gasteiger partial charge in [-0.15, -0.1) is 0 Å². The Bertz CT molecular complexity index is 148. The van der Waals surface area contributed by atoms with Gasteiger partial charge in [0.2, 0.25) is 0 Å². The van der Waals surface area contributed by atoms with Crippen LogP contribution >= 0.6 is 19.4 Å². The first kappa shape index (κ1) is 9.35. The van der Waals surface area contributed by atoms with E-state index < -0.39 is 0 Å². The van der Waals surface area contributed by atoms with E-state index in [2.05, 4.69) is 19.4 Å². The Balaban J connectivity index is 0.000000148. The fraction of sp³-hybridized carbons (Fsp3) is 0. The van der Waals surface area contributed by atoms with Gasteiger partial charge in [-0.2, -0.15) is 18.2 Å². The Kier molecular flexibility index (Phi) is 8.67. The topological polar surface area (TPSA) is 17.1 Å². The van der Waals surface area contributed by atoms with Crippen molar-refractivity contribution in [2.45, 2.75) is 0 Å². The summed E-state index contributed by atoms with van der Waals surface area (Å²) in [5.74, 6) is 0. The summed E-state index contributed by atoms with van der Waals surface area (Å²) in [7, 11) is 0. The molecule has 0 saturated heterocycles. The molecule has 0 radical (unpaired) electrons. The van der Waals surface area contributed by atoms with Crippen molar-refractivity contribution in [3.8, 4) is 0 Å². The van der Waals surface area contributed by atoms with Crippen molar-refractivity contribution in [3.05, 3.63) is 30.3 Å². The van der Waals surface area contributed by atoms with Gasteiger partial charge in [-0.25, -0.2) is 12.1 Å². The van der Waals surface area contributed by atoms with E-state index in [9.17, 15) is 0 Å². The molecule has 0 atom stereocenters. The quantitative estimate of drug-likeness (QED) is 0.406. The zero-order valence-corrected chi connectivity index (χ0v) is 8.75. The molecule has 0 heterocycles. The predicted molar refractivity (Wildman–Crippen MR) is 41.7 cm³/mol. The van der Waals surface area contributed by atoms with E-state index in [-0.39, 0.29) is 14.4 Å². The molecule has 0 aliphatic heterocycles. The number of hydrogen-bond donors (Lipinski definition) is 0. The molecular weight excluding hydrogens is 311 g/mol. The number of carbonyl (C=O) groups excluding carboxylic acids is 1. The molecule has 1 aromatic carbocycles. The molecule has 3 heteroatoms. The van der Waals surface area contributed by atoms with E-state index in [0.29, 0.717) is 0 Å². The van der Waals surface area contributed by atoms with Crippen LogP contribution in [0.15, 0.2) is 30.3 Å². The SMILES string of the molecule is O=[C]=[Mo][I].c1cc[cH-]c1. The first-order chi connectivity index (χ1) is 4.41. The summed E-state index contributed by atoms with van der Waals surface area (Å²) >= 11 is 1.70. The van der Waals surface area contributed by atoms with Crippen molar-refractivity contribution in [1.29, 1.82) is 0 Å². The smallest absolute Gasteiger partial charge is 0.172 e. The van der Waals surface area contributed by atoms with Crippen LogP contribution in [-0.4, -0.2) is 4.27 Å². The van der Waals surface area contributed by atoms with Gasteiger partial charge in [0.25, 0.3) is 0 Å². The molecule has 0 unspecified atom stereocenters. The third-order valence-corrected chi connectivity index (χ3v) is 1.81. The maximum Gasteiger partial charge on any atom is -0.172 e. The van der Waals surface area contributed by atoms with Gasteiger partial charge in [0, 0.05) is 0 Å². The van der Waals surface area contributed by atoms with Crippen LogP contribution in [0, 0.1) is 0 Å². The van der Waals surface area contributed by atoms with Crippen LogP contribution in [0.3, 0.4) is 0 Å². The largest absolute Gasteiger partial charge is 0.214 e. The molecule has 1 nitrogen and oxygen atoms in total. The van der Waals surface area contributed by atoms with Crippen molar-refractivity contribution in [1.82, 2.24) is 0 Å². The van der Waals surface area contributed by atoms with Crippen LogP contribution in [0.4, 0.5) is 0 Å². The summed E-state index contributed by atoms with van der Waals surface area (Å²) in [6.45, 7) is 0. The van der Waals surface area contributed by atoms with Crippen LogP contribution in [0.25, 0.3) is 0 Å². The fourth-order valence-corrected chi connectivity index (χ4v) is 0.321. The van der Waals surface area contributed by atoms with Gasteiger partial charge >= 0.3 is 42.8 Å². The molecule has 0 aromatic heterocycles. The Morgan fingerprint density at radius 2 is 1.89 bits per heavy atom. The fourth-order valence-electron chi connectivity index (χ4n) is 0.321. The Morgan fingerprint density at radius 3 is 2.00 bits per heavy atom. The molecule has 0 saturated carbocycles. The second-order valence-corrected chi connectivity index (χ2v) is 4.52. The van der Waals surface area contributed by atoms with E-state index in [1.54, 1.807) is 4.27 Å². The monoisotopic (exact) mass is 318 g/mol. The van der Waals surface area contributed by atoms with E-state index in [0.717, 1.165) is 0 Å². The van der Waals surface area contributed by atoms with Gasteiger partial charge < -0.3 is 0 Å². The molecule has 1 rings (SSSR count). The summed E-state index contributed by atoms with van der Waals surface area (Å²) in [5, 5.41) is 0. The third-order valence-electron chi connectivity index (χ3n) is 0.587. The molecule has 0 N–H and O–H groups in total. The molecule has 49 valence electrons. The Hall–Kier alpha value is 0.348. The number of hydrogen-bond acceptors (Lipinski definition) is 1.